The quantitative estimate of drug-likeness (QED) is 0.478. The van der Waals surface area contributed by atoms with Crippen molar-refractivity contribution in [2.75, 3.05) is 18.6 Å². The van der Waals surface area contributed by atoms with Crippen molar-refractivity contribution in [1.29, 1.82) is 5.26 Å². The minimum atomic E-state index is -4.56. The summed E-state index contributed by atoms with van der Waals surface area (Å²) >= 11 is 6.58. The number of methoxy groups -OCH3 is 1. The number of hydrogen-bond acceptors (Lipinski definition) is 4. The summed E-state index contributed by atoms with van der Waals surface area (Å²) in [6, 6.07) is 11.9. The number of alkyl halides is 3. The predicted octanol–water partition coefficient (Wildman–Crippen LogP) is 7.05. The number of nitriles is 1. The van der Waals surface area contributed by atoms with Gasteiger partial charge in [-0.25, -0.2) is 0 Å². The normalized spacial score (nSPS) is 18.5. The summed E-state index contributed by atoms with van der Waals surface area (Å²) in [7, 11) is 1.49. The Morgan fingerprint density at radius 2 is 2.00 bits per heavy atom. The molecule has 0 amide bonds. The van der Waals surface area contributed by atoms with Crippen LogP contribution in [0.4, 0.5) is 18.9 Å². The van der Waals surface area contributed by atoms with Gasteiger partial charge in [-0.15, -0.1) is 0 Å². The predicted molar refractivity (Wildman–Crippen MR) is 120 cm³/mol. The van der Waals surface area contributed by atoms with E-state index in [0.717, 1.165) is 5.57 Å². The molecular formula is C25H22ClF3N2O2. The summed E-state index contributed by atoms with van der Waals surface area (Å²) in [6.07, 6.45) is -4.53. The maximum Gasteiger partial charge on any atom is 0.431 e. The molecule has 8 heteroatoms. The van der Waals surface area contributed by atoms with E-state index in [0.29, 0.717) is 45.3 Å². The van der Waals surface area contributed by atoms with Crippen LogP contribution in [-0.2, 0) is 4.74 Å². The molecule has 0 bridgehead atoms. The summed E-state index contributed by atoms with van der Waals surface area (Å²) in [5.74, 6) is 0.429. The van der Waals surface area contributed by atoms with Gasteiger partial charge in [0, 0.05) is 16.8 Å². The highest BCUT2D eigenvalue weighted by molar-refractivity contribution is 6.33. The Balaban J connectivity index is 2.02. The van der Waals surface area contributed by atoms with E-state index in [1.165, 1.54) is 25.0 Å². The second-order valence-electron chi connectivity index (χ2n) is 7.98. The largest absolute Gasteiger partial charge is 0.495 e. The van der Waals surface area contributed by atoms with Gasteiger partial charge >= 0.3 is 6.18 Å². The molecule has 0 aromatic heterocycles. The molecule has 0 radical (unpaired) electrons. The molecule has 2 aromatic carbocycles. The van der Waals surface area contributed by atoms with Gasteiger partial charge in [0.25, 0.3) is 0 Å². The first-order valence-corrected chi connectivity index (χ1v) is 10.8. The molecule has 2 aliphatic rings. The minimum Gasteiger partial charge on any atom is -0.495 e. The van der Waals surface area contributed by atoms with E-state index in [1.54, 1.807) is 30.3 Å². The summed E-state index contributed by atoms with van der Waals surface area (Å²) in [6.45, 7) is 3.40. The van der Waals surface area contributed by atoms with Crippen molar-refractivity contribution in [2.45, 2.75) is 39.0 Å². The van der Waals surface area contributed by atoms with Crippen molar-refractivity contribution in [2.24, 2.45) is 0 Å². The smallest absolute Gasteiger partial charge is 0.431 e. The number of ether oxygens (including phenoxy) is 2. The molecule has 1 atom stereocenters. The van der Waals surface area contributed by atoms with Gasteiger partial charge in [0.05, 0.1) is 36.1 Å². The van der Waals surface area contributed by atoms with E-state index < -0.39 is 18.0 Å². The van der Waals surface area contributed by atoms with Crippen molar-refractivity contribution < 1.29 is 22.6 Å². The van der Waals surface area contributed by atoms with E-state index in [-0.39, 0.29) is 18.6 Å². The van der Waals surface area contributed by atoms with Gasteiger partial charge in [-0.2, -0.15) is 18.4 Å². The number of halogens is 4. The van der Waals surface area contributed by atoms with Crippen LogP contribution in [0.15, 0.2) is 58.9 Å². The zero-order valence-corrected chi connectivity index (χ0v) is 19.1. The van der Waals surface area contributed by atoms with Gasteiger partial charge in [0.15, 0.2) is 0 Å². The number of rotatable bonds is 3. The molecule has 0 saturated heterocycles. The molecule has 0 N–H and O–H groups in total. The van der Waals surface area contributed by atoms with Crippen molar-refractivity contribution in [1.82, 2.24) is 0 Å². The van der Waals surface area contributed by atoms with Crippen LogP contribution < -0.4 is 9.64 Å². The van der Waals surface area contributed by atoms with E-state index in [1.807, 2.05) is 6.92 Å². The van der Waals surface area contributed by atoms with Crippen LogP contribution in [0.1, 0.15) is 49.5 Å². The molecule has 0 spiro atoms. The zero-order valence-electron chi connectivity index (χ0n) is 18.4. The fourth-order valence-electron chi connectivity index (χ4n) is 4.55. The lowest BCUT2D eigenvalue weighted by molar-refractivity contribution is -0.0941. The lowest BCUT2D eigenvalue weighted by Crippen LogP contribution is -2.36. The highest BCUT2D eigenvalue weighted by Crippen LogP contribution is 2.49. The first-order valence-electron chi connectivity index (χ1n) is 10.5. The summed E-state index contributed by atoms with van der Waals surface area (Å²) in [5.41, 5.74) is 2.53. The Morgan fingerprint density at radius 3 is 2.64 bits per heavy atom. The molecule has 4 nitrogen and oxygen atoms in total. The Labute approximate surface area is 195 Å². The fourth-order valence-corrected chi connectivity index (χ4v) is 4.86. The SMILES string of the molecule is CCC1=C2CO[C@H](c3cccc(OC)c3Cl)c3cc(C#N)ccc3N2C(C(F)(F)F)=C(C)C1. The summed E-state index contributed by atoms with van der Waals surface area (Å²) < 4.78 is 54.5. The molecule has 4 rings (SSSR count). The molecule has 2 heterocycles. The van der Waals surface area contributed by atoms with E-state index in [9.17, 15) is 18.4 Å². The van der Waals surface area contributed by atoms with Gasteiger partial charge in [-0.3, -0.25) is 0 Å². The van der Waals surface area contributed by atoms with Crippen LogP contribution >= 0.6 is 11.6 Å². The maximum atomic E-state index is 14.3. The molecule has 2 aliphatic heterocycles. The average molecular weight is 475 g/mol. The minimum absolute atomic E-state index is 0.0369. The number of allylic oxidation sites excluding steroid dienone is 3. The molecule has 0 aliphatic carbocycles. The lowest BCUT2D eigenvalue weighted by Gasteiger charge is -2.37. The third-order valence-corrected chi connectivity index (χ3v) is 6.45. The van der Waals surface area contributed by atoms with E-state index in [2.05, 4.69) is 6.07 Å². The summed E-state index contributed by atoms with van der Waals surface area (Å²) in [4.78, 5) is 1.27. The first-order chi connectivity index (χ1) is 15.7. The van der Waals surface area contributed by atoms with Crippen LogP contribution in [-0.4, -0.2) is 19.9 Å². The number of nitrogens with zero attached hydrogens (tertiary/aromatic N) is 2. The van der Waals surface area contributed by atoms with E-state index >= 15 is 0 Å². The van der Waals surface area contributed by atoms with Gasteiger partial charge in [-0.1, -0.05) is 30.7 Å². The van der Waals surface area contributed by atoms with Crippen molar-refractivity contribution in [3.05, 3.63) is 80.7 Å². The molecule has 0 saturated carbocycles. The fraction of sp³-hybridized carbons (Fsp3) is 0.320. The summed E-state index contributed by atoms with van der Waals surface area (Å²) in [5, 5.41) is 9.80. The van der Waals surface area contributed by atoms with Crippen LogP contribution in [0.2, 0.25) is 5.02 Å². The van der Waals surface area contributed by atoms with Gasteiger partial charge in [-0.05, 0) is 55.2 Å². The zero-order chi connectivity index (χ0) is 23.9. The number of benzene rings is 2. The second-order valence-corrected chi connectivity index (χ2v) is 8.36. The highest BCUT2D eigenvalue weighted by Gasteiger charge is 2.45. The lowest BCUT2D eigenvalue weighted by atomic mass is 9.92. The molecule has 0 fully saturated rings. The third kappa shape index (κ3) is 3.98. The molecule has 33 heavy (non-hydrogen) atoms. The standard InChI is InChI=1S/C25H22ClF3N2O2/c1-4-16-10-14(2)24(25(27,28)29)31-19-9-8-15(12-30)11-18(19)23(33-13-20(16)31)17-6-5-7-21(32-3)22(17)26/h5-9,11,23H,4,10,13H2,1-3H3/t23-/m1/s1. The maximum absolute atomic E-state index is 14.3. The Hall–Kier alpha value is -2.95. The van der Waals surface area contributed by atoms with Crippen molar-refractivity contribution in [3.63, 3.8) is 0 Å². The highest BCUT2D eigenvalue weighted by atomic mass is 35.5. The van der Waals surface area contributed by atoms with Gasteiger partial charge < -0.3 is 14.4 Å². The molecule has 2 aromatic rings. The number of hydrogen-bond donors (Lipinski definition) is 0. The number of fused-ring (bicyclic) bond motifs is 3. The Bertz CT molecular complexity index is 1210. The van der Waals surface area contributed by atoms with Crippen LogP contribution in [0, 0.1) is 11.3 Å². The monoisotopic (exact) mass is 474 g/mol. The first kappa shape index (κ1) is 23.2. The van der Waals surface area contributed by atoms with Crippen molar-refractivity contribution >= 4 is 17.3 Å². The third-order valence-electron chi connectivity index (χ3n) is 6.04. The van der Waals surface area contributed by atoms with E-state index in [4.69, 9.17) is 21.1 Å². The molecular weight excluding hydrogens is 453 g/mol. The molecule has 172 valence electrons. The van der Waals surface area contributed by atoms with Crippen LogP contribution in [0.25, 0.3) is 0 Å². The topological polar surface area (TPSA) is 45.5 Å². The van der Waals surface area contributed by atoms with Gasteiger partial charge in [0.2, 0.25) is 0 Å². The van der Waals surface area contributed by atoms with Gasteiger partial charge in [0.1, 0.15) is 17.6 Å². The van der Waals surface area contributed by atoms with Crippen LogP contribution in [0.5, 0.6) is 5.75 Å². The molecule has 0 unspecified atom stereocenters. The second kappa shape index (κ2) is 8.77. The van der Waals surface area contributed by atoms with Crippen LogP contribution in [0.3, 0.4) is 0 Å². The Kier molecular flexibility index (Phi) is 6.17. The average Bonchev–Trinajstić information content (AvgIpc) is 2.94. The Morgan fingerprint density at radius 1 is 1.24 bits per heavy atom. The number of anilines is 1. The van der Waals surface area contributed by atoms with Crippen molar-refractivity contribution in [3.8, 4) is 11.8 Å².